The SMILES string of the molecule is O=C1c2ccccc2C(=O)N1C1CCCOC1. The highest BCUT2D eigenvalue weighted by Crippen LogP contribution is 2.27. The first kappa shape index (κ1) is 10.5. The summed E-state index contributed by atoms with van der Waals surface area (Å²) in [5.41, 5.74) is 1.03. The molecule has 1 unspecified atom stereocenters. The third-order valence-corrected chi connectivity index (χ3v) is 3.33. The molecule has 2 aliphatic heterocycles. The lowest BCUT2D eigenvalue weighted by Crippen LogP contribution is -2.44. The van der Waals surface area contributed by atoms with Gasteiger partial charge in [-0.05, 0) is 25.0 Å². The lowest BCUT2D eigenvalue weighted by Gasteiger charge is -2.29. The van der Waals surface area contributed by atoms with Crippen molar-refractivity contribution in [2.75, 3.05) is 13.2 Å². The molecule has 1 fully saturated rings. The van der Waals surface area contributed by atoms with Crippen LogP contribution in [0.2, 0.25) is 0 Å². The molecular weight excluding hydrogens is 218 g/mol. The molecule has 0 N–H and O–H groups in total. The van der Waals surface area contributed by atoms with Gasteiger partial charge in [-0.25, -0.2) is 0 Å². The molecule has 3 rings (SSSR count). The second-order valence-electron chi connectivity index (χ2n) is 4.40. The van der Waals surface area contributed by atoms with E-state index in [1.54, 1.807) is 24.3 Å². The lowest BCUT2D eigenvalue weighted by atomic mass is 10.1. The van der Waals surface area contributed by atoms with Gasteiger partial charge < -0.3 is 4.74 Å². The Kier molecular flexibility index (Phi) is 2.44. The zero-order valence-electron chi connectivity index (χ0n) is 9.39. The van der Waals surface area contributed by atoms with Crippen molar-refractivity contribution in [1.82, 2.24) is 4.90 Å². The largest absolute Gasteiger partial charge is 0.379 e. The molecule has 2 aliphatic rings. The zero-order chi connectivity index (χ0) is 11.8. The summed E-state index contributed by atoms with van der Waals surface area (Å²) >= 11 is 0. The predicted octanol–water partition coefficient (Wildman–Crippen LogP) is 1.46. The summed E-state index contributed by atoms with van der Waals surface area (Å²) in [6.07, 6.45) is 1.74. The Balaban J connectivity index is 1.94. The number of amides is 2. The highest BCUT2D eigenvalue weighted by Gasteiger charge is 2.40. The van der Waals surface area contributed by atoms with Crippen LogP contribution in [0.25, 0.3) is 0 Å². The predicted molar refractivity (Wildman–Crippen MR) is 60.8 cm³/mol. The minimum atomic E-state index is -0.180. The molecule has 2 heterocycles. The van der Waals surface area contributed by atoms with E-state index in [0.717, 1.165) is 19.4 Å². The van der Waals surface area contributed by atoms with E-state index >= 15 is 0 Å². The number of nitrogens with zero attached hydrogens (tertiary/aromatic N) is 1. The van der Waals surface area contributed by atoms with Gasteiger partial charge in [0, 0.05) is 6.61 Å². The molecular formula is C13H13NO3. The number of rotatable bonds is 1. The van der Waals surface area contributed by atoms with Gasteiger partial charge in [-0.1, -0.05) is 12.1 Å². The maximum atomic E-state index is 12.2. The summed E-state index contributed by atoms with van der Waals surface area (Å²) in [4.78, 5) is 25.7. The molecule has 1 aromatic rings. The standard InChI is InChI=1S/C13H13NO3/c15-12-10-5-1-2-6-11(10)13(16)14(12)9-4-3-7-17-8-9/h1-2,5-6,9H,3-4,7-8H2. The Morgan fingerprint density at radius 2 is 1.76 bits per heavy atom. The van der Waals surface area contributed by atoms with Crippen LogP contribution in [-0.2, 0) is 4.74 Å². The highest BCUT2D eigenvalue weighted by atomic mass is 16.5. The summed E-state index contributed by atoms with van der Waals surface area (Å²) < 4.78 is 5.34. The van der Waals surface area contributed by atoms with Gasteiger partial charge >= 0.3 is 0 Å². The van der Waals surface area contributed by atoms with E-state index in [2.05, 4.69) is 0 Å². The Hall–Kier alpha value is -1.68. The molecule has 1 saturated heterocycles. The fraction of sp³-hybridized carbons (Fsp3) is 0.385. The molecule has 4 heteroatoms. The molecule has 88 valence electrons. The van der Waals surface area contributed by atoms with E-state index < -0.39 is 0 Å². The van der Waals surface area contributed by atoms with E-state index in [-0.39, 0.29) is 17.9 Å². The van der Waals surface area contributed by atoms with E-state index in [0.29, 0.717) is 17.7 Å². The first-order valence-corrected chi connectivity index (χ1v) is 5.83. The van der Waals surface area contributed by atoms with Gasteiger partial charge in [-0.15, -0.1) is 0 Å². The Morgan fingerprint density at radius 1 is 1.12 bits per heavy atom. The van der Waals surface area contributed by atoms with Gasteiger partial charge in [0.25, 0.3) is 11.8 Å². The second kappa shape index (κ2) is 3.96. The number of fused-ring (bicyclic) bond motifs is 1. The van der Waals surface area contributed by atoms with Gasteiger partial charge in [0.15, 0.2) is 0 Å². The second-order valence-corrected chi connectivity index (χ2v) is 4.40. The number of carbonyl (C=O) groups is 2. The number of carbonyl (C=O) groups excluding carboxylic acids is 2. The maximum Gasteiger partial charge on any atom is 0.261 e. The molecule has 1 aromatic carbocycles. The van der Waals surface area contributed by atoms with Crippen molar-refractivity contribution in [2.45, 2.75) is 18.9 Å². The van der Waals surface area contributed by atoms with Crippen molar-refractivity contribution in [3.63, 3.8) is 0 Å². The monoisotopic (exact) mass is 231 g/mol. The molecule has 0 aliphatic carbocycles. The van der Waals surface area contributed by atoms with Gasteiger partial charge in [0.1, 0.15) is 0 Å². The number of hydrogen-bond acceptors (Lipinski definition) is 3. The van der Waals surface area contributed by atoms with Crippen molar-refractivity contribution < 1.29 is 14.3 Å². The topological polar surface area (TPSA) is 46.6 Å². The van der Waals surface area contributed by atoms with E-state index in [9.17, 15) is 9.59 Å². The van der Waals surface area contributed by atoms with Crippen molar-refractivity contribution in [3.8, 4) is 0 Å². The molecule has 0 saturated carbocycles. The Labute approximate surface area is 99.2 Å². The van der Waals surface area contributed by atoms with E-state index in [1.807, 2.05) is 0 Å². The quantitative estimate of drug-likeness (QED) is 0.687. The van der Waals surface area contributed by atoms with Gasteiger partial charge in [-0.3, -0.25) is 14.5 Å². The lowest BCUT2D eigenvalue weighted by molar-refractivity contribution is 0.0193. The van der Waals surface area contributed by atoms with Crippen LogP contribution in [0.15, 0.2) is 24.3 Å². The average Bonchev–Trinajstić information content (AvgIpc) is 2.64. The fourth-order valence-electron chi connectivity index (χ4n) is 2.47. The minimum Gasteiger partial charge on any atom is -0.379 e. The molecule has 4 nitrogen and oxygen atoms in total. The molecule has 0 aromatic heterocycles. The van der Waals surface area contributed by atoms with Gasteiger partial charge in [-0.2, -0.15) is 0 Å². The van der Waals surface area contributed by atoms with Crippen LogP contribution < -0.4 is 0 Å². The van der Waals surface area contributed by atoms with Crippen LogP contribution in [0.4, 0.5) is 0 Å². The van der Waals surface area contributed by atoms with Crippen LogP contribution in [0, 0.1) is 0 Å². The zero-order valence-corrected chi connectivity index (χ0v) is 9.39. The molecule has 0 spiro atoms. The van der Waals surface area contributed by atoms with Crippen molar-refractivity contribution in [2.24, 2.45) is 0 Å². The third-order valence-electron chi connectivity index (χ3n) is 3.33. The summed E-state index contributed by atoms with van der Waals surface area (Å²) in [5.74, 6) is -0.359. The van der Waals surface area contributed by atoms with Crippen molar-refractivity contribution >= 4 is 11.8 Å². The number of imide groups is 1. The first-order chi connectivity index (χ1) is 8.29. The highest BCUT2D eigenvalue weighted by molar-refractivity contribution is 6.21. The Morgan fingerprint density at radius 3 is 2.29 bits per heavy atom. The summed E-state index contributed by atoms with van der Waals surface area (Å²) in [7, 11) is 0. The van der Waals surface area contributed by atoms with Crippen LogP contribution in [0.3, 0.4) is 0 Å². The first-order valence-electron chi connectivity index (χ1n) is 5.83. The van der Waals surface area contributed by atoms with Gasteiger partial charge in [0.2, 0.25) is 0 Å². The van der Waals surface area contributed by atoms with E-state index in [4.69, 9.17) is 4.74 Å². The van der Waals surface area contributed by atoms with Gasteiger partial charge in [0.05, 0.1) is 23.8 Å². The van der Waals surface area contributed by atoms with Crippen LogP contribution in [0.1, 0.15) is 33.6 Å². The average molecular weight is 231 g/mol. The van der Waals surface area contributed by atoms with Crippen LogP contribution in [-0.4, -0.2) is 36.0 Å². The minimum absolute atomic E-state index is 0.101. The van der Waals surface area contributed by atoms with Crippen LogP contribution >= 0.6 is 0 Å². The van der Waals surface area contributed by atoms with Crippen molar-refractivity contribution in [1.29, 1.82) is 0 Å². The molecule has 0 radical (unpaired) electrons. The van der Waals surface area contributed by atoms with Crippen molar-refractivity contribution in [3.05, 3.63) is 35.4 Å². The fourth-order valence-corrected chi connectivity index (χ4v) is 2.47. The molecule has 0 bridgehead atoms. The smallest absolute Gasteiger partial charge is 0.261 e. The molecule has 1 atom stereocenters. The van der Waals surface area contributed by atoms with Crippen LogP contribution in [0.5, 0.6) is 0 Å². The maximum absolute atomic E-state index is 12.2. The summed E-state index contributed by atoms with van der Waals surface area (Å²) in [5, 5.41) is 0. The summed E-state index contributed by atoms with van der Waals surface area (Å²) in [6, 6.07) is 6.88. The Bertz CT molecular complexity index is 442. The molecule has 2 amide bonds. The number of hydrogen-bond donors (Lipinski definition) is 0. The summed E-state index contributed by atoms with van der Waals surface area (Å²) in [6.45, 7) is 1.19. The van der Waals surface area contributed by atoms with E-state index in [1.165, 1.54) is 4.90 Å². The number of benzene rings is 1. The normalized spacial score (nSPS) is 24.0. The number of ether oxygens (including phenoxy) is 1. The third kappa shape index (κ3) is 1.56. The molecule has 17 heavy (non-hydrogen) atoms.